The van der Waals surface area contributed by atoms with E-state index in [1.165, 1.54) is 0 Å². The average molecular weight is 355 g/mol. The van der Waals surface area contributed by atoms with E-state index in [0.717, 1.165) is 17.5 Å². The molecule has 140 valence electrons. The van der Waals surface area contributed by atoms with Crippen molar-refractivity contribution in [2.75, 3.05) is 0 Å². The van der Waals surface area contributed by atoms with Crippen LogP contribution in [0.4, 0.5) is 0 Å². The van der Waals surface area contributed by atoms with E-state index < -0.39 is 12.1 Å². The Morgan fingerprint density at radius 1 is 1.04 bits per heavy atom. The van der Waals surface area contributed by atoms with Crippen molar-refractivity contribution >= 4 is 5.97 Å². The lowest BCUT2D eigenvalue weighted by molar-refractivity contribution is -0.155. The van der Waals surface area contributed by atoms with Gasteiger partial charge in [-0.15, -0.1) is 0 Å². The van der Waals surface area contributed by atoms with Crippen molar-refractivity contribution in [2.24, 2.45) is 5.92 Å². The van der Waals surface area contributed by atoms with Crippen molar-refractivity contribution < 1.29 is 14.6 Å². The molecule has 26 heavy (non-hydrogen) atoms. The number of carboxylic acids is 1. The molecule has 0 aromatic heterocycles. The lowest BCUT2D eigenvalue weighted by Crippen LogP contribution is -2.50. The number of rotatable bonds is 10. The van der Waals surface area contributed by atoms with Crippen LogP contribution in [0.15, 0.2) is 60.7 Å². The number of aliphatic carboxylic acids is 1. The van der Waals surface area contributed by atoms with E-state index in [4.69, 9.17) is 4.74 Å². The van der Waals surface area contributed by atoms with Gasteiger partial charge < -0.3 is 15.2 Å². The van der Waals surface area contributed by atoms with Crippen LogP contribution in [0, 0.1) is 5.92 Å². The van der Waals surface area contributed by atoms with E-state index in [0.29, 0.717) is 0 Å². The van der Waals surface area contributed by atoms with Crippen molar-refractivity contribution in [3.8, 4) is 0 Å². The molecular weight excluding hydrogens is 326 g/mol. The molecule has 2 N–H and O–H groups in total. The first kappa shape index (κ1) is 20.1. The molecule has 4 heteroatoms. The van der Waals surface area contributed by atoms with Crippen molar-refractivity contribution in [3.63, 3.8) is 0 Å². The molecule has 0 heterocycles. The number of ether oxygens (including phenoxy) is 1. The topological polar surface area (TPSA) is 58.6 Å². The molecule has 0 saturated heterocycles. The van der Waals surface area contributed by atoms with Crippen LogP contribution in [0.5, 0.6) is 0 Å². The lowest BCUT2D eigenvalue weighted by atomic mass is 9.92. The number of benzene rings is 2. The quantitative estimate of drug-likeness (QED) is 0.662. The molecule has 0 fully saturated rings. The Morgan fingerprint density at radius 2 is 1.62 bits per heavy atom. The summed E-state index contributed by atoms with van der Waals surface area (Å²) in [7, 11) is 0. The van der Waals surface area contributed by atoms with Crippen LogP contribution in [0.3, 0.4) is 0 Å². The summed E-state index contributed by atoms with van der Waals surface area (Å²) in [6.45, 7) is 6.48. The molecule has 2 rings (SSSR count). The first-order chi connectivity index (χ1) is 12.5. The first-order valence-electron chi connectivity index (χ1n) is 9.22. The van der Waals surface area contributed by atoms with Gasteiger partial charge in [-0.25, -0.2) is 4.79 Å². The zero-order valence-corrected chi connectivity index (χ0v) is 15.8. The molecule has 0 aliphatic rings. The Labute approximate surface area is 156 Å². The van der Waals surface area contributed by atoms with Gasteiger partial charge in [-0.05, 0) is 24.0 Å². The average Bonchev–Trinajstić information content (AvgIpc) is 2.67. The highest BCUT2D eigenvalue weighted by molar-refractivity contribution is 5.73. The second-order valence-electron chi connectivity index (χ2n) is 6.77. The maximum absolute atomic E-state index is 11.9. The summed E-state index contributed by atoms with van der Waals surface area (Å²) in [5, 5.41) is 13.3. The van der Waals surface area contributed by atoms with Gasteiger partial charge in [0.25, 0.3) is 0 Å². The van der Waals surface area contributed by atoms with Crippen LogP contribution in [-0.2, 0) is 16.1 Å². The van der Waals surface area contributed by atoms with E-state index in [2.05, 4.69) is 26.1 Å². The van der Waals surface area contributed by atoms with Gasteiger partial charge in [0.15, 0.2) is 6.10 Å². The summed E-state index contributed by atoms with van der Waals surface area (Å²) in [6.07, 6.45) is -0.0335. The summed E-state index contributed by atoms with van der Waals surface area (Å²) < 4.78 is 5.85. The van der Waals surface area contributed by atoms with E-state index in [-0.39, 0.29) is 24.6 Å². The molecular formula is C22H29NO3. The molecule has 0 spiro atoms. The summed E-state index contributed by atoms with van der Waals surface area (Å²) in [5.41, 5.74) is 2.10. The largest absolute Gasteiger partial charge is 0.479 e. The van der Waals surface area contributed by atoms with E-state index in [9.17, 15) is 9.90 Å². The fraction of sp³-hybridized carbons (Fsp3) is 0.409. The highest BCUT2D eigenvalue weighted by atomic mass is 16.5. The molecule has 0 radical (unpaired) electrons. The van der Waals surface area contributed by atoms with Gasteiger partial charge in [0, 0.05) is 12.1 Å². The van der Waals surface area contributed by atoms with Gasteiger partial charge >= 0.3 is 5.97 Å². The van der Waals surface area contributed by atoms with E-state index in [1.807, 2.05) is 60.7 Å². The molecule has 4 atom stereocenters. The minimum Gasteiger partial charge on any atom is -0.479 e. The SMILES string of the molecule is CC[C@H](C)[C@@H](N[C@H](C)c1ccccc1)[C@H](OCc1ccccc1)C(=O)O. The van der Waals surface area contributed by atoms with Crippen LogP contribution in [-0.4, -0.2) is 23.2 Å². The highest BCUT2D eigenvalue weighted by Gasteiger charge is 2.33. The minimum absolute atomic E-state index is 0.0392. The van der Waals surface area contributed by atoms with Crippen molar-refractivity contribution in [1.82, 2.24) is 5.32 Å². The van der Waals surface area contributed by atoms with Gasteiger partial charge in [0.2, 0.25) is 0 Å². The number of carbonyl (C=O) groups is 1. The predicted octanol–water partition coefficient (Wildman–Crippen LogP) is 4.42. The van der Waals surface area contributed by atoms with Gasteiger partial charge in [-0.1, -0.05) is 80.9 Å². The van der Waals surface area contributed by atoms with Crippen molar-refractivity contribution in [2.45, 2.75) is 52.0 Å². The third kappa shape index (κ3) is 5.68. The van der Waals surface area contributed by atoms with Gasteiger partial charge in [-0.3, -0.25) is 0 Å². The van der Waals surface area contributed by atoms with Crippen LogP contribution in [0.25, 0.3) is 0 Å². The van der Waals surface area contributed by atoms with Crippen LogP contribution >= 0.6 is 0 Å². The molecule has 0 amide bonds. The number of nitrogens with one attached hydrogen (secondary N) is 1. The predicted molar refractivity (Wildman–Crippen MR) is 104 cm³/mol. The van der Waals surface area contributed by atoms with Crippen LogP contribution in [0.1, 0.15) is 44.4 Å². The number of hydrogen-bond acceptors (Lipinski definition) is 3. The normalized spacial score (nSPS) is 15.8. The third-order valence-electron chi connectivity index (χ3n) is 4.84. The fourth-order valence-corrected chi connectivity index (χ4v) is 3.02. The Kier molecular flexibility index (Phi) is 7.82. The molecule has 2 aromatic carbocycles. The molecule has 0 aliphatic carbocycles. The Balaban J connectivity index is 2.13. The van der Waals surface area contributed by atoms with Gasteiger partial charge in [-0.2, -0.15) is 0 Å². The fourth-order valence-electron chi connectivity index (χ4n) is 3.02. The van der Waals surface area contributed by atoms with Crippen molar-refractivity contribution in [1.29, 1.82) is 0 Å². The third-order valence-corrected chi connectivity index (χ3v) is 4.84. The zero-order chi connectivity index (χ0) is 18.9. The minimum atomic E-state index is -0.931. The summed E-state index contributed by atoms with van der Waals surface area (Å²) in [6, 6.07) is 19.5. The summed E-state index contributed by atoms with van der Waals surface area (Å²) in [5.74, 6) is -0.767. The standard InChI is InChI=1S/C22H29NO3/c1-4-16(2)20(23-17(3)19-13-9-6-10-14-19)21(22(24)25)26-15-18-11-7-5-8-12-18/h5-14,16-17,20-21,23H,4,15H2,1-3H3,(H,24,25)/t16-,17+,20+,21-/m0/s1. The van der Waals surface area contributed by atoms with Crippen molar-refractivity contribution in [3.05, 3.63) is 71.8 Å². The van der Waals surface area contributed by atoms with Crippen LogP contribution in [0.2, 0.25) is 0 Å². The maximum atomic E-state index is 11.9. The highest BCUT2D eigenvalue weighted by Crippen LogP contribution is 2.21. The van der Waals surface area contributed by atoms with E-state index >= 15 is 0 Å². The zero-order valence-electron chi connectivity index (χ0n) is 15.8. The monoisotopic (exact) mass is 355 g/mol. The maximum Gasteiger partial charge on any atom is 0.334 e. The van der Waals surface area contributed by atoms with E-state index in [1.54, 1.807) is 0 Å². The molecule has 0 unspecified atom stereocenters. The summed E-state index contributed by atoms with van der Waals surface area (Å²) in [4.78, 5) is 11.9. The smallest absolute Gasteiger partial charge is 0.334 e. The van der Waals surface area contributed by atoms with Gasteiger partial charge in [0.05, 0.1) is 6.61 Å². The Morgan fingerprint density at radius 3 is 2.15 bits per heavy atom. The molecule has 4 nitrogen and oxygen atoms in total. The summed E-state index contributed by atoms with van der Waals surface area (Å²) >= 11 is 0. The molecule has 0 bridgehead atoms. The molecule has 2 aromatic rings. The van der Waals surface area contributed by atoms with Gasteiger partial charge in [0.1, 0.15) is 0 Å². The first-order valence-corrected chi connectivity index (χ1v) is 9.22. The molecule has 0 aliphatic heterocycles. The second kappa shape index (κ2) is 10.1. The Bertz CT molecular complexity index is 660. The molecule has 0 saturated carbocycles. The van der Waals surface area contributed by atoms with Crippen LogP contribution < -0.4 is 5.32 Å². The second-order valence-corrected chi connectivity index (χ2v) is 6.77. The Hall–Kier alpha value is -2.17. The number of hydrogen-bond donors (Lipinski definition) is 2. The lowest BCUT2D eigenvalue weighted by Gasteiger charge is -2.32. The number of carboxylic acid groups (broad SMARTS) is 1.